The molecule has 0 radical (unpaired) electrons. The van der Waals surface area contributed by atoms with E-state index in [1.54, 1.807) is 14.0 Å². The van der Waals surface area contributed by atoms with Crippen LogP contribution in [-0.2, 0) is 11.3 Å². The highest BCUT2D eigenvalue weighted by atomic mass is 16.6. The summed E-state index contributed by atoms with van der Waals surface area (Å²) in [6.45, 7) is 1.89. The van der Waals surface area contributed by atoms with Crippen LogP contribution in [0.25, 0.3) is 0 Å². The number of carbonyl (C=O) groups excluding carboxylic acids is 1. The van der Waals surface area contributed by atoms with Gasteiger partial charge in [-0.15, -0.1) is 0 Å². The molecular weight excluding hydrogens is 276 g/mol. The second-order valence-electron chi connectivity index (χ2n) is 5.71. The zero-order chi connectivity index (χ0) is 15.6. The molecule has 1 aromatic heterocycles. The Morgan fingerprint density at radius 2 is 2.19 bits per heavy atom. The molecule has 0 aliphatic heterocycles. The maximum absolute atomic E-state index is 12.2. The van der Waals surface area contributed by atoms with Crippen LogP contribution in [0, 0.1) is 17.0 Å². The Hall–Kier alpha value is -1.96. The van der Waals surface area contributed by atoms with Gasteiger partial charge in [-0.3, -0.25) is 9.36 Å². The summed E-state index contributed by atoms with van der Waals surface area (Å²) in [5.74, 6) is -0.0499. The number of rotatable bonds is 5. The van der Waals surface area contributed by atoms with Gasteiger partial charge in [0.15, 0.2) is 0 Å². The summed E-state index contributed by atoms with van der Waals surface area (Å²) in [4.78, 5) is 27.5. The molecule has 1 aliphatic carbocycles. The number of likely N-dealkylation sites (N-methyl/N-ethyl adjacent to an activating group) is 1. The second-order valence-corrected chi connectivity index (χ2v) is 5.71. The minimum atomic E-state index is -0.791. The number of imidazole rings is 1. The van der Waals surface area contributed by atoms with Crippen molar-refractivity contribution in [3.8, 4) is 0 Å². The first-order valence-corrected chi connectivity index (χ1v) is 6.95. The van der Waals surface area contributed by atoms with E-state index in [2.05, 4.69) is 4.98 Å². The van der Waals surface area contributed by atoms with Crippen molar-refractivity contribution in [1.29, 1.82) is 0 Å². The number of carbonyl (C=O) groups is 1. The number of aromatic nitrogens is 2. The molecular formula is C13H20N4O4. The number of hydrogen-bond acceptors (Lipinski definition) is 5. The van der Waals surface area contributed by atoms with Gasteiger partial charge >= 0.3 is 5.82 Å². The molecule has 21 heavy (non-hydrogen) atoms. The lowest BCUT2D eigenvalue weighted by molar-refractivity contribution is -0.389. The summed E-state index contributed by atoms with van der Waals surface area (Å²) in [6, 6.07) is 0. The van der Waals surface area contributed by atoms with E-state index in [0.29, 0.717) is 25.2 Å². The maximum atomic E-state index is 12.2. The van der Waals surface area contributed by atoms with Crippen LogP contribution >= 0.6 is 0 Å². The van der Waals surface area contributed by atoms with Crippen LogP contribution < -0.4 is 0 Å². The molecule has 116 valence electrons. The summed E-state index contributed by atoms with van der Waals surface area (Å²) in [6.07, 6.45) is 4.63. The van der Waals surface area contributed by atoms with Crippen LogP contribution in [-0.4, -0.2) is 49.6 Å². The van der Waals surface area contributed by atoms with E-state index in [-0.39, 0.29) is 18.3 Å². The van der Waals surface area contributed by atoms with Gasteiger partial charge in [-0.05, 0) is 22.7 Å². The van der Waals surface area contributed by atoms with Crippen molar-refractivity contribution in [2.24, 2.45) is 0 Å². The van der Waals surface area contributed by atoms with Crippen molar-refractivity contribution >= 4 is 11.7 Å². The van der Waals surface area contributed by atoms with E-state index in [1.165, 1.54) is 15.7 Å². The van der Waals surface area contributed by atoms with Crippen LogP contribution in [0.15, 0.2) is 6.20 Å². The van der Waals surface area contributed by atoms with Gasteiger partial charge in [0.25, 0.3) is 0 Å². The van der Waals surface area contributed by atoms with Gasteiger partial charge in [-0.2, -0.15) is 0 Å². The number of aliphatic hydroxyl groups is 1. The normalized spacial score (nSPS) is 16.9. The summed E-state index contributed by atoms with van der Waals surface area (Å²) < 4.78 is 1.45. The molecule has 0 saturated heterocycles. The molecule has 0 bridgehead atoms. The van der Waals surface area contributed by atoms with Crippen molar-refractivity contribution in [3.63, 3.8) is 0 Å². The number of amides is 1. The largest absolute Gasteiger partial charge is 0.388 e. The van der Waals surface area contributed by atoms with E-state index < -0.39 is 10.5 Å². The van der Waals surface area contributed by atoms with Gasteiger partial charge in [-0.1, -0.05) is 12.8 Å². The first-order chi connectivity index (χ1) is 9.81. The van der Waals surface area contributed by atoms with Crippen molar-refractivity contribution in [3.05, 3.63) is 22.1 Å². The van der Waals surface area contributed by atoms with Crippen LogP contribution in [0.3, 0.4) is 0 Å². The van der Waals surface area contributed by atoms with E-state index >= 15 is 0 Å². The molecule has 0 atom stereocenters. The first-order valence-electron chi connectivity index (χ1n) is 6.95. The zero-order valence-corrected chi connectivity index (χ0v) is 12.3. The van der Waals surface area contributed by atoms with Crippen LogP contribution in [0.5, 0.6) is 0 Å². The minimum absolute atomic E-state index is 0.0146. The molecule has 1 aromatic rings. The standard InChI is InChI=1S/C13H20N4O4/c1-10-14-11(17(20)21)7-16(10)8-12(18)15(2)9-13(19)5-3-4-6-13/h7,19H,3-6,8-9H2,1-2H3. The van der Waals surface area contributed by atoms with Gasteiger partial charge in [0.2, 0.25) is 11.7 Å². The SMILES string of the molecule is Cc1nc([N+](=O)[O-])cn1CC(=O)N(C)CC1(O)CCCC1. The zero-order valence-electron chi connectivity index (χ0n) is 12.3. The Kier molecular flexibility index (Phi) is 4.26. The fourth-order valence-corrected chi connectivity index (χ4v) is 2.73. The van der Waals surface area contributed by atoms with Crippen LogP contribution in [0.2, 0.25) is 0 Å². The lowest BCUT2D eigenvalue weighted by Gasteiger charge is -2.28. The Morgan fingerprint density at radius 1 is 1.57 bits per heavy atom. The van der Waals surface area contributed by atoms with Gasteiger partial charge in [-0.25, -0.2) is 0 Å². The maximum Gasteiger partial charge on any atom is 0.381 e. The molecule has 0 spiro atoms. The van der Waals surface area contributed by atoms with Crippen molar-refractivity contribution in [2.45, 2.75) is 44.8 Å². The number of hydrogen-bond donors (Lipinski definition) is 1. The average Bonchev–Trinajstić information content (AvgIpc) is 2.97. The highest BCUT2D eigenvalue weighted by molar-refractivity contribution is 5.76. The molecule has 1 saturated carbocycles. The van der Waals surface area contributed by atoms with Crippen LogP contribution in [0.1, 0.15) is 31.5 Å². The third kappa shape index (κ3) is 3.57. The third-order valence-corrected chi connectivity index (χ3v) is 3.95. The quantitative estimate of drug-likeness (QED) is 0.641. The van der Waals surface area contributed by atoms with Gasteiger partial charge in [0.1, 0.15) is 12.7 Å². The molecule has 1 fully saturated rings. The predicted molar refractivity (Wildman–Crippen MR) is 74.7 cm³/mol. The predicted octanol–water partition coefficient (Wildman–Crippen LogP) is 0.863. The fourth-order valence-electron chi connectivity index (χ4n) is 2.73. The van der Waals surface area contributed by atoms with Crippen molar-refractivity contribution in [2.75, 3.05) is 13.6 Å². The van der Waals surface area contributed by atoms with Crippen molar-refractivity contribution < 1.29 is 14.8 Å². The topological polar surface area (TPSA) is 102 Å². The summed E-state index contributed by atoms with van der Waals surface area (Å²) in [7, 11) is 1.64. The lowest BCUT2D eigenvalue weighted by atomic mass is 10.0. The number of nitro groups is 1. The summed E-state index contributed by atoms with van der Waals surface area (Å²) in [5.41, 5.74) is -0.791. The van der Waals surface area contributed by atoms with E-state index in [1.807, 2.05) is 0 Å². The Bertz CT molecular complexity index is 548. The Morgan fingerprint density at radius 3 is 2.71 bits per heavy atom. The molecule has 1 N–H and O–H groups in total. The molecule has 1 heterocycles. The van der Waals surface area contributed by atoms with Gasteiger partial charge in [0, 0.05) is 20.5 Å². The Labute approximate surface area is 122 Å². The molecule has 8 heteroatoms. The van der Waals surface area contributed by atoms with E-state index in [4.69, 9.17) is 0 Å². The molecule has 1 aliphatic rings. The van der Waals surface area contributed by atoms with Gasteiger partial charge in [0.05, 0.1) is 5.60 Å². The van der Waals surface area contributed by atoms with E-state index in [9.17, 15) is 20.0 Å². The highest BCUT2D eigenvalue weighted by Crippen LogP contribution is 2.29. The minimum Gasteiger partial charge on any atom is -0.388 e. The molecule has 2 rings (SSSR count). The molecule has 1 amide bonds. The van der Waals surface area contributed by atoms with Crippen molar-refractivity contribution in [1.82, 2.24) is 14.5 Å². The first kappa shape index (κ1) is 15.4. The second kappa shape index (κ2) is 5.80. The Balaban J connectivity index is 1.99. The molecule has 8 nitrogen and oxygen atoms in total. The number of aryl methyl sites for hydroxylation is 1. The third-order valence-electron chi connectivity index (χ3n) is 3.95. The highest BCUT2D eigenvalue weighted by Gasteiger charge is 2.33. The smallest absolute Gasteiger partial charge is 0.381 e. The summed E-state index contributed by atoms with van der Waals surface area (Å²) in [5, 5.41) is 21.0. The fraction of sp³-hybridized carbons (Fsp3) is 0.692. The molecule has 0 aromatic carbocycles. The van der Waals surface area contributed by atoms with Gasteiger partial charge < -0.3 is 20.1 Å². The lowest BCUT2D eigenvalue weighted by Crippen LogP contribution is -2.43. The average molecular weight is 296 g/mol. The molecule has 0 unspecified atom stereocenters. The van der Waals surface area contributed by atoms with E-state index in [0.717, 1.165) is 12.8 Å². The number of nitrogens with zero attached hydrogens (tertiary/aromatic N) is 4. The summed E-state index contributed by atoms with van der Waals surface area (Å²) >= 11 is 0. The monoisotopic (exact) mass is 296 g/mol. The van der Waals surface area contributed by atoms with Crippen LogP contribution in [0.4, 0.5) is 5.82 Å².